The number of thiophene rings is 1. The number of hydrogen-bond donors (Lipinski definition) is 0. The van der Waals surface area contributed by atoms with Crippen LogP contribution in [0.1, 0.15) is 20.8 Å². The summed E-state index contributed by atoms with van der Waals surface area (Å²) in [6, 6.07) is 6.64. The number of aryl methyl sites for hydroxylation is 1. The first-order valence-corrected chi connectivity index (χ1v) is 7.40. The molecule has 0 aliphatic rings. The molecule has 0 unspecified atom stereocenters. The third kappa shape index (κ3) is 3.22. The molecular weight excluding hydrogens is 329 g/mol. The molecule has 0 N–H and O–H groups in total. The van der Waals surface area contributed by atoms with Gasteiger partial charge in [-0.15, -0.1) is 11.3 Å². The van der Waals surface area contributed by atoms with E-state index < -0.39 is 0 Å². The van der Waals surface area contributed by atoms with Crippen molar-refractivity contribution in [1.82, 2.24) is 4.90 Å². The van der Waals surface area contributed by atoms with Gasteiger partial charge < -0.3 is 4.90 Å². The van der Waals surface area contributed by atoms with Crippen LogP contribution in [0.5, 0.6) is 0 Å². The van der Waals surface area contributed by atoms with Crippen molar-refractivity contribution in [3.8, 4) is 0 Å². The van der Waals surface area contributed by atoms with Crippen molar-refractivity contribution in [3.63, 3.8) is 0 Å². The topological polar surface area (TPSA) is 20.3 Å². The van der Waals surface area contributed by atoms with Crippen LogP contribution in [0.15, 0.2) is 34.1 Å². The van der Waals surface area contributed by atoms with Crippen LogP contribution in [-0.4, -0.2) is 17.9 Å². The van der Waals surface area contributed by atoms with Gasteiger partial charge in [0.2, 0.25) is 0 Å². The minimum atomic E-state index is -0.300. The molecule has 0 saturated carbocycles. The molecule has 0 bridgehead atoms. The standard InChI is InChI=1S/C14H13BrFNOS/c1-9-5-6-19-13(9)14(18)17(2)8-10-7-11(15)3-4-12(10)16/h3-7H,8H2,1-2H3. The third-order valence-electron chi connectivity index (χ3n) is 2.82. The van der Waals surface area contributed by atoms with E-state index in [-0.39, 0.29) is 18.3 Å². The minimum absolute atomic E-state index is 0.0770. The van der Waals surface area contributed by atoms with E-state index in [0.717, 1.165) is 10.0 Å². The molecule has 1 amide bonds. The smallest absolute Gasteiger partial charge is 0.264 e. The van der Waals surface area contributed by atoms with Crippen LogP contribution in [0.2, 0.25) is 0 Å². The summed E-state index contributed by atoms with van der Waals surface area (Å²) in [5, 5.41) is 1.89. The van der Waals surface area contributed by atoms with E-state index in [0.29, 0.717) is 10.4 Å². The Bertz CT molecular complexity index is 611. The Labute approximate surface area is 124 Å². The lowest BCUT2D eigenvalue weighted by Crippen LogP contribution is -2.26. The van der Waals surface area contributed by atoms with Gasteiger partial charge >= 0.3 is 0 Å². The van der Waals surface area contributed by atoms with Crippen molar-refractivity contribution in [3.05, 3.63) is 55.9 Å². The molecule has 2 rings (SSSR count). The molecule has 1 aromatic heterocycles. The summed E-state index contributed by atoms with van der Waals surface area (Å²) in [5.41, 5.74) is 1.45. The zero-order valence-corrected chi connectivity index (χ0v) is 13.0. The molecule has 2 aromatic rings. The first-order chi connectivity index (χ1) is 8.99. The van der Waals surface area contributed by atoms with Gasteiger partial charge in [-0.2, -0.15) is 0 Å². The van der Waals surface area contributed by atoms with Gasteiger partial charge in [0.15, 0.2) is 0 Å². The molecule has 5 heteroatoms. The van der Waals surface area contributed by atoms with Gasteiger partial charge in [0.25, 0.3) is 5.91 Å². The molecule has 100 valence electrons. The lowest BCUT2D eigenvalue weighted by molar-refractivity contribution is 0.0788. The van der Waals surface area contributed by atoms with Crippen molar-refractivity contribution in [2.75, 3.05) is 7.05 Å². The molecule has 0 aliphatic heterocycles. The van der Waals surface area contributed by atoms with Crippen LogP contribution >= 0.6 is 27.3 Å². The maximum absolute atomic E-state index is 13.7. The highest BCUT2D eigenvalue weighted by Crippen LogP contribution is 2.20. The van der Waals surface area contributed by atoms with Crippen LogP contribution < -0.4 is 0 Å². The van der Waals surface area contributed by atoms with E-state index >= 15 is 0 Å². The van der Waals surface area contributed by atoms with Crippen LogP contribution in [-0.2, 0) is 6.54 Å². The molecule has 0 atom stereocenters. The fourth-order valence-electron chi connectivity index (χ4n) is 1.76. The quantitative estimate of drug-likeness (QED) is 0.817. The Morgan fingerprint density at radius 3 is 2.79 bits per heavy atom. The van der Waals surface area contributed by atoms with Crippen LogP contribution in [0.3, 0.4) is 0 Å². The van der Waals surface area contributed by atoms with Gasteiger partial charge in [0.1, 0.15) is 5.82 Å². The molecule has 19 heavy (non-hydrogen) atoms. The van der Waals surface area contributed by atoms with Gasteiger partial charge in [-0.05, 0) is 42.1 Å². The Morgan fingerprint density at radius 2 is 2.16 bits per heavy atom. The number of halogens is 2. The summed E-state index contributed by atoms with van der Waals surface area (Å²) < 4.78 is 14.5. The number of benzene rings is 1. The van der Waals surface area contributed by atoms with Crippen molar-refractivity contribution in [2.45, 2.75) is 13.5 Å². The monoisotopic (exact) mass is 341 g/mol. The molecule has 1 heterocycles. The van der Waals surface area contributed by atoms with Crippen LogP contribution in [0, 0.1) is 12.7 Å². The average molecular weight is 342 g/mol. The lowest BCUT2D eigenvalue weighted by atomic mass is 10.2. The van der Waals surface area contributed by atoms with Crippen LogP contribution in [0.25, 0.3) is 0 Å². The maximum atomic E-state index is 13.7. The SMILES string of the molecule is Cc1ccsc1C(=O)N(C)Cc1cc(Br)ccc1F. The number of carbonyl (C=O) groups excluding carboxylic acids is 1. The second-order valence-corrected chi connectivity index (χ2v) is 6.16. The van der Waals surface area contributed by atoms with Gasteiger partial charge in [0.05, 0.1) is 4.88 Å². The Hall–Kier alpha value is -1.20. The second kappa shape index (κ2) is 5.84. The predicted octanol–water partition coefficient (Wildman–Crippen LogP) is 4.23. The summed E-state index contributed by atoms with van der Waals surface area (Å²) in [7, 11) is 1.68. The van der Waals surface area contributed by atoms with Gasteiger partial charge in [-0.25, -0.2) is 4.39 Å². The Kier molecular flexibility index (Phi) is 4.37. The highest BCUT2D eigenvalue weighted by Gasteiger charge is 2.17. The van der Waals surface area contributed by atoms with Crippen LogP contribution in [0.4, 0.5) is 4.39 Å². The molecule has 0 radical (unpaired) electrons. The third-order valence-corrected chi connectivity index (χ3v) is 4.32. The molecule has 0 fully saturated rings. The number of rotatable bonds is 3. The van der Waals surface area contributed by atoms with E-state index in [4.69, 9.17) is 0 Å². The summed E-state index contributed by atoms with van der Waals surface area (Å²) in [6.45, 7) is 2.15. The fraction of sp³-hybridized carbons (Fsp3) is 0.214. The van der Waals surface area contributed by atoms with Crippen molar-refractivity contribution in [1.29, 1.82) is 0 Å². The average Bonchev–Trinajstić information content (AvgIpc) is 2.79. The number of carbonyl (C=O) groups is 1. The highest BCUT2D eigenvalue weighted by atomic mass is 79.9. The van der Waals surface area contributed by atoms with E-state index in [1.165, 1.54) is 22.3 Å². The lowest BCUT2D eigenvalue weighted by Gasteiger charge is -2.17. The summed E-state index contributed by atoms with van der Waals surface area (Å²) >= 11 is 4.72. The summed E-state index contributed by atoms with van der Waals surface area (Å²) in [6.07, 6.45) is 0. The zero-order chi connectivity index (χ0) is 14.0. The van der Waals surface area contributed by atoms with E-state index in [2.05, 4.69) is 15.9 Å². The normalized spacial score (nSPS) is 10.5. The Morgan fingerprint density at radius 1 is 1.42 bits per heavy atom. The summed E-state index contributed by atoms with van der Waals surface area (Å²) in [5.74, 6) is -0.377. The van der Waals surface area contributed by atoms with Gasteiger partial charge in [-0.3, -0.25) is 4.79 Å². The highest BCUT2D eigenvalue weighted by molar-refractivity contribution is 9.10. The fourth-order valence-corrected chi connectivity index (χ4v) is 3.08. The van der Waals surface area contributed by atoms with Crippen molar-refractivity contribution in [2.24, 2.45) is 0 Å². The second-order valence-electron chi connectivity index (χ2n) is 4.33. The molecule has 0 spiro atoms. The zero-order valence-electron chi connectivity index (χ0n) is 10.6. The van der Waals surface area contributed by atoms with Crippen molar-refractivity contribution < 1.29 is 9.18 Å². The molecule has 0 saturated heterocycles. The van der Waals surface area contributed by atoms with E-state index in [9.17, 15) is 9.18 Å². The summed E-state index contributed by atoms with van der Waals surface area (Å²) in [4.78, 5) is 14.5. The maximum Gasteiger partial charge on any atom is 0.264 e. The predicted molar refractivity (Wildman–Crippen MR) is 79.0 cm³/mol. The van der Waals surface area contributed by atoms with Crippen molar-refractivity contribution >= 4 is 33.2 Å². The van der Waals surface area contributed by atoms with E-state index in [1.54, 1.807) is 19.2 Å². The number of nitrogens with zero attached hydrogens (tertiary/aromatic N) is 1. The first-order valence-electron chi connectivity index (χ1n) is 5.72. The minimum Gasteiger partial charge on any atom is -0.337 e. The molecular formula is C14H13BrFNOS. The number of hydrogen-bond acceptors (Lipinski definition) is 2. The van der Waals surface area contributed by atoms with E-state index in [1.807, 2.05) is 18.4 Å². The largest absolute Gasteiger partial charge is 0.337 e. The van der Waals surface area contributed by atoms with Gasteiger partial charge in [-0.1, -0.05) is 15.9 Å². The first kappa shape index (κ1) is 14.2. The number of amides is 1. The van der Waals surface area contributed by atoms with Gasteiger partial charge in [0, 0.05) is 23.6 Å². The Balaban J connectivity index is 2.17. The molecule has 1 aromatic carbocycles. The molecule has 2 nitrogen and oxygen atoms in total. The molecule has 0 aliphatic carbocycles.